The van der Waals surface area contributed by atoms with E-state index >= 15 is 0 Å². The molecule has 0 atom stereocenters. The van der Waals surface area contributed by atoms with Crippen LogP contribution in [-0.2, 0) is 0 Å². The molecule has 4 N–H and O–H groups in total. The summed E-state index contributed by atoms with van der Waals surface area (Å²) in [6.45, 7) is 3.91. The zero-order valence-electron chi connectivity index (χ0n) is 21.5. The Morgan fingerprint density at radius 2 is 1.00 bits per heavy atom. The van der Waals surface area contributed by atoms with Crippen molar-refractivity contribution in [2.75, 3.05) is 0 Å². The van der Waals surface area contributed by atoms with Crippen LogP contribution in [0.5, 0.6) is 23.0 Å². The first-order chi connectivity index (χ1) is 17.3. The Balaban J connectivity index is 0.00000320. The number of hydrogen-bond donors (Lipinski definition) is 4. The van der Waals surface area contributed by atoms with Gasteiger partial charge in [0.1, 0.15) is 11.5 Å². The van der Waals surface area contributed by atoms with Crippen LogP contribution in [0.25, 0.3) is 22.3 Å². The third-order valence-corrected chi connectivity index (χ3v) is 8.55. The van der Waals surface area contributed by atoms with Gasteiger partial charge in [-0.1, -0.05) is 46.0 Å². The number of phenols is 4. The summed E-state index contributed by atoms with van der Waals surface area (Å²) >= 11 is 0. The zero-order valence-corrected chi connectivity index (χ0v) is 21.5. The highest BCUT2D eigenvalue weighted by molar-refractivity contribution is 5.92. The maximum absolute atomic E-state index is 11.2. The Bertz CT molecular complexity index is 1260. The van der Waals surface area contributed by atoms with Gasteiger partial charge in [0.25, 0.3) is 0 Å². The van der Waals surface area contributed by atoms with Crippen LogP contribution in [0.15, 0.2) is 36.4 Å². The van der Waals surface area contributed by atoms with Crippen molar-refractivity contribution in [3.05, 3.63) is 58.7 Å². The van der Waals surface area contributed by atoms with Gasteiger partial charge in [-0.3, -0.25) is 0 Å². The van der Waals surface area contributed by atoms with E-state index in [2.05, 4.69) is 6.07 Å². The Kier molecular flexibility index (Phi) is 8.06. The Morgan fingerprint density at radius 3 is 1.51 bits per heavy atom. The van der Waals surface area contributed by atoms with Crippen molar-refractivity contribution in [2.45, 2.75) is 97.3 Å². The van der Waals surface area contributed by atoms with Crippen LogP contribution >= 0.6 is 0 Å². The quantitative estimate of drug-likeness (QED) is 0.268. The smallest absolute Gasteiger partial charge is 0.166 e. The van der Waals surface area contributed by atoms with E-state index in [4.69, 9.17) is 0 Å². The monoisotopic (exact) mass is 502 g/mol. The van der Waals surface area contributed by atoms with Gasteiger partial charge < -0.3 is 20.4 Å². The molecule has 198 valence electrons. The van der Waals surface area contributed by atoms with Crippen LogP contribution in [0.3, 0.4) is 0 Å². The molecule has 2 aliphatic carbocycles. The van der Waals surface area contributed by atoms with E-state index in [9.17, 15) is 20.4 Å². The van der Waals surface area contributed by atoms with Gasteiger partial charge in [0.15, 0.2) is 11.5 Å². The molecular formula is C33H42O4. The van der Waals surface area contributed by atoms with Gasteiger partial charge in [0, 0.05) is 5.56 Å². The van der Waals surface area contributed by atoms with Crippen LogP contribution in [-0.4, -0.2) is 20.4 Å². The van der Waals surface area contributed by atoms with Gasteiger partial charge in [0.05, 0.1) is 0 Å². The van der Waals surface area contributed by atoms with Crippen molar-refractivity contribution in [1.82, 2.24) is 0 Å². The van der Waals surface area contributed by atoms with E-state index < -0.39 is 0 Å². The van der Waals surface area contributed by atoms with Gasteiger partial charge >= 0.3 is 0 Å². The van der Waals surface area contributed by atoms with E-state index in [1.54, 1.807) is 12.1 Å². The predicted octanol–water partition coefficient (Wildman–Crippen LogP) is 9.19. The molecule has 2 saturated carbocycles. The largest absolute Gasteiger partial charge is 0.508 e. The van der Waals surface area contributed by atoms with Gasteiger partial charge in [-0.15, -0.1) is 0 Å². The second-order valence-electron chi connectivity index (χ2n) is 11.0. The van der Waals surface area contributed by atoms with Gasteiger partial charge in [-0.05, 0) is 127 Å². The Morgan fingerprint density at radius 1 is 0.541 bits per heavy atom. The maximum atomic E-state index is 11.2. The number of phenolic OH excluding ortho intramolecular Hbond substituents is 4. The summed E-state index contributed by atoms with van der Waals surface area (Å²) in [5, 5.41) is 43.4. The fourth-order valence-electron chi connectivity index (χ4n) is 6.54. The van der Waals surface area contributed by atoms with Crippen LogP contribution in [0.1, 0.15) is 106 Å². The molecule has 0 amide bonds. The summed E-state index contributed by atoms with van der Waals surface area (Å²) in [7, 11) is 0. The molecule has 2 fully saturated rings. The molecule has 0 radical (unpaired) electrons. The number of aromatic hydroxyl groups is 4. The van der Waals surface area contributed by atoms with Crippen LogP contribution in [0.2, 0.25) is 0 Å². The van der Waals surface area contributed by atoms with Crippen molar-refractivity contribution in [3.8, 4) is 45.3 Å². The SMILES string of the molecule is C.Cc1cc(O)c(C2CCCCC2)cc1-c1ccc(O)c(O)c1-c1cc(C2CCCCC2)c(O)cc1C. The lowest BCUT2D eigenvalue weighted by atomic mass is 9.80. The van der Waals surface area contributed by atoms with Crippen molar-refractivity contribution in [3.63, 3.8) is 0 Å². The molecule has 0 unspecified atom stereocenters. The number of benzene rings is 3. The van der Waals surface area contributed by atoms with Crippen molar-refractivity contribution < 1.29 is 20.4 Å². The molecular weight excluding hydrogens is 460 g/mol. The Hall–Kier alpha value is -3.14. The van der Waals surface area contributed by atoms with Gasteiger partial charge in [-0.2, -0.15) is 0 Å². The summed E-state index contributed by atoms with van der Waals surface area (Å²) in [5.74, 6) is 0.972. The lowest BCUT2D eigenvalue weighted by molar-refractivity contribution is 0.405. The molecule has 37 heavy (non-hydrogen) atoms. The first kappa shape index (κ1) is 26.9. The molecule has 4 heteroatoms. The van der Waals surface area contributed by atoms with Crippen molar-refractivity contribution >= 4 is 0 Å². The Labute approximate surface area is 221 Å². The average Bonchev–Trinajstić information content (AvgIpc) is 2.87. The van der Waals surface area contributed by atoms with Gasteiger partial charge in [-0.25, -0.2) is 0 Å². The van der Waals surface area contributed by atoms with Crippen molar-refractivity contribution in [1.29, 1.82) is 0 Å². The molecule has 5 rings (SSSR count). The minimum absolute atomic E-state index is 0. The molecule has 2 aliphatic rings. The van der Waals surface area contributed by atoms with E-state index in [0.29, 0.717) is 28.9 Å². The maximum Gasteiger partial charge on any atom is 0.166 e. The summed E-state index contributed by atoms with van der Waals surface area (Å²) < 4.78 is 0. The molecule has 4 nitrogen and oxygen atoms in total. The lowest BCUT2D eigenvalue weighted by Crippen LogP contribution is -2.06. The van der Waals surface area contributed by atoms with E-state index in [1.807, 2.05) is 32.0 Å². The first-order valence-corrected chi connectivity index (χ1v) is 13.6. The first-order valence-electron chi connectivity index (χ1n) is 13.6. The topological polar surface area (TPSA) is 80.9 Å². The minimum atomic E-state index is -0.163. The number of rotatable bonds is 4. The highest BCUT2D eigenvalue weighted by atomic mass is 16.3. The van der Waals surface area contributed by atoms with Crippen LogP contribution in [0, 0.1) is 13.8 Å². The standard InChI is InChI=1S/C32H38O4.CH4/c1-19-15-29(34)26(21-9-5-3-6-10-21)17-24(19)23-13-14-28(33)32(36)31(23)25-18-27(30(35)16-20(25)2)22-11-7-4-8-12-22;/h13-18,21-22,33-36H,3-12H2,1-2H3;1H4. The second-order valence-corrected chi connectivity index (χ2v) is 11.0. The van der Waals surface area contributed by atoms with Crippen LogP contribution < -0.4 is 0 Å². The number of aryl methyl sites for hydroxylation is 2. The summed E-state index contributed by atoms with van der Waals surface area (Å²) in [5.41, 5.74) is 6.83. The van der Waals surface area contributed by atoms with Gasteiger partial charge in [0.2, 0.25) is 0 Å². The summed E-state index contributed by atoms with van der Waals surface area (Å²) in [6, 6.07) is 11.2. The molecule has 3 aromatic carbocycles. The third kappa shape index (κ3) is 5.16. The number of hydrogen-bond acceptors (Lipinski definition) is 4. The van der Waals surface area contributed by atoms with E-state index in [-0.39, 0.29) is 18.9 Å². The fourth-order valence-corrected chi connectivity index (χ4v) is 6.54. The molecule has 0 bridgehead atoms. The highest BCUT2D eigenvalue weighted by Crippen LogP contribution is 2.49. The lowest BCUT2D eigenvalue weighted by Gasteiger charge is -2.26. The minimum Gasteiger partial charge on any atom is -0.508 e. The molecule has 0 spiro atoms. The second kappa shape index (κ2) is 11.1. The predicted molar refractivity (Wildman–Crippen MR) is 152 cm³/mol. The molecule has 0 aliphatic heterocycles. The molecule has 3 aromatic rings. The molecule has 0 saturated heterocycles. The van der Waals surface area contributed by atoms with E-state index in [0.717, 1.165) is 77.5 Å². The molecule has 0 heterocycles. The average molecular weight is 503 g/mol. The fraction of sp³-hybridized carbons (Fsp3) is 0.455. The van der Waals surface area contributed by atoms with E-state index in [1.165, 1.54) is 25.7 Å². The summed E-state index contributed by atoms with van der Waals surface area (Å²) in [6.07, 6.45) is 11.4. The third-order valence-electron chi connectivity index (χ3n) is 8.55. The molecule has 0 aromatic heterocycles. The summed E-state index contributed by atoms with van der Waals surface area (Å²) in [4.78, 5) is 0. The normalized spacial score (nSPS) is 16.9. The zero-order chi connectivity index (χ0) is 25.4. The van der Waals surface area contributed by atoms with Crippen LogP contribution in [0.4, 0.5) is 0 Å². The highest BCUT2D eigenvalue weighted by Gasteiger charge is 2.25. The van der Waals surface area contributed by atoms with Crippen molar-refractivity contribution in [2.24, 2.45) is 0 Å².